The standard InChI is InChI=1S/C26H56O2Si/c1-6-9-10-11-12-13-14-15-16-17-18-19-20-21-22-23-24-27-29(7-2,8-3)28-25-26(4)5/h26H,6-25H2,1-5H3. The molecule has 0 amide bonds. The maximum atomic E-state index is 6.31. The fourth-order valence-electron chi connectivity index (χ4n) is 3.93. The number of rotatable bonds is 23. The van der Waals surface area contributed by atoms with Crippen molar-refractivity contribution in [3.05, 3.63) is 0 Å². The second-order valence-corrected chi connectivity index (χ2v) is 13.3. The molecule has 0 heterocycles. The van der Waals surface area contributed by atoms with Gasteiger partial charge in [0.25, 0.3) is 0 Å². The molecule has 0 saturated heterocycles. The molecule has 0 aliphatic rings. The predicted octanol–water partition coefficient (Wildman–Crippen LogP) is 9.42. The molecule has 0 aromatic carbocycles. The van der Waals surface area contributed by atoms with E-state index in [1.165, 1.54) is 103 Å². The highest BCUT2D eigenvalue weighted by atomic mass is 28.4. The third kappa shape index (κ3) is 18.6. The van der Waals surface area contributed by atoms with Crippen molar-refractivity contribution in [1.82, 2.24) is 0 Å². The Bertz CT molecular complexity index is 316. The first-order valence-electron chi connectivity index (χ1n) is 13.4. The van der Waals surface area contributed by atoms with Gasteiger partial charge in [0.05, 0.1) is 0 Å². The average molecular weight is 429 g/mol. The van der Waals surface area contributed by atoms with Gasteiger partial charge in [-0.2, -0.15) is 0 Å². The summed E-state index contributed by atoms with van der Waals surface area (Å²) in [6, 6.07) is 2.16. The lowest BCUT2D eigenvalue weighted by Gasteiger charge is -2.29. The van der Waals surface area contributed by atoms with Crippen molar-refractivity contribution >= 4 is 8.56 Å². The molecule has 0 bridgehead atoms. The monoisotopic (exact) mass is 428 g/mol. The van der Waals surface area contributed by atoms with E-state index in [9.17, 15) is 0 Å². The van der Waals surface area contributed by atoms with Crippen molar-refractivity contribution < 1.29 is 8.85 Å². The topological polar surface area (TPSA) is 18.5 Å². The summed E-state index contributed by atoms with van der Waals surface area (Å²) in [6.07, 6.45) is 22.7. The van der Waals surface area contributed by atoms with Gasteiger partial charge in [0.2, 0.25) is 0 Å². The molecule has 0 N–H and O–H groups in total. The van der Waals surface area contributed by atoms with Crippen molar-refractivity contribution in [2.24, 2.45) is 5.92 Å². The Balaban J connectivity index is 3.40. The summed E-state index contributed by atoms with van der Waals surface area (Å²) in [5, 5.41) is 0. The highest BCUT2D eigenvalue weighted by Crippen LogP contribution is 2.20. The van der Waals surface area contributed by atoms with Crippen LogP contribution in [0.1, 0.15) is 137 Å². The van der Waals surface area contributed by atoms with Crippen molar-refractivity contribution in [1.29, 1.82) is 0 Å². The quantitative estimate of drug-likeness (QED) is 0.119. The summed E-state index contributed by atoms with van der Waals surface area (Å²) >= 11 is 0. The van der Waals surface area contributed by atoms with Gasteiger partial charge in [0, 0.05) is 13.2 Å². The third-order valence-electron chi connectivity index (χ3n) is 6.12. The van der Waals surface area contributed by atoms with E-state index in [0.29, 0.717) is 5.92 Å². The van der Waals surface area contributed by atoms with Gasteiger partial charge in [0.15, 0.2) is 0 Å². The molecule has 0 fully saturated rings. The number of unbranched alkanes of at least 4 members (excludes halogenated alkanes) is 15. The second-order valence-electron chi connectivity index (χ2n) is 9.47. The average Bonchev–Trinajstić information content (AvgIpc) is 2.72. The van der Waals surface area contributed by atoms with E-state index in [1.807, 2.05) is 0 Å². The molecule has 0 unspecified atom stereocenters. The maximum absolute atomic E-state index is 6.31. The Morgan fingerprint density at radius 3 is 1.24 bits per heavy atom. The first-order chi connectivity index (χ1) is 14.1. The van der Waals surface area contributed by atoms with Crippen LogP contribution in [0.25, 0.3) is 0 Å². The molecule has 2 nitrogen and oxygen atoms in total. The summed E-state index contributed by atoms with van der Waals surface area (Å²) < 4.78 is 12.5. The first-order valence-corrected chi connectivity index (χ1v) is 15.6. The molecule has 0 aromatic heterocycles. The van der Waals surface area contributed by atoms with Crippen LogP contribution in [0.4, 0.5) is 0 Å². The maximum Gasteiger partial charge on any atom is 0.337 e. The molecular weight excluding hydrogens is 372 g/mol. The van der Waals surface area contributed by atoms with Gasteiger partial charge in [-0.15, -0.1) is 0 Å². The molecule has 0 aliphatic carbocycles. The molecule has 29 heavy (non-hydrogen) atoms. The van der Waals surface area contributed by atoms with Crippen LogP contribution >= 0.6 is 0 Å². The van der Waals surface area contributed by atoms with Crippen molar-refractivity contribution in [2.75, 3.05) is 13.2 Å². The van der Waals surface area contributed by atoms with E-state index in [1.54, 1.807) is 0 Å². The largest absolute Gasteiger partial charge is 0.394 e. The highest BCUT2D eigenvalue weighted by molar-refractivity contribution is 6.67. The van der Waals surface area contributed by atoms with E-state index >= 15 is 0 Å². The molecule has 0 spiro atoms. The van der Waals surface area contributed by atoms with E-state index in [0.717, 1.165) is 25.3 Å². The van der Waals surface area contributed by atoms with Gasteiger partial charge in [-0.25, -0.2) is 0 Å². The minimum absolute atomic E-state index is 0.596. The second kappa shape index (κ2) is 21.4. The zero-order valence-corrected chi connectivity index (χ0v) is 22.0. The molecule has 3 heteroatoms. The van der Waals surface area contributed by atoms with Crippen LogP contribution in [-0.2, 0) is 8.85 Å². The zero-order valence-electron chi connectivity index (χ0n) is 21.0. The Morgan fingerprint density at radius 1 is 0.517 bits per heavy atom. The Labute approximate surface area is 186 Å². The van der Waals surface area contributed by atoms with E-state index < -0.39 is 8.56 Å². The van der Waals surface area contributed by atoms with Crippen LogP contribution in [0, 0.1) is 5.92 Å². The smallest absolute Gasteiger partial charge is 0.337 e. The Hall–Kier alpha value is 0.137. The summed E-state index contributed by atoms with van der Waals surface area (Å²) in [5.74, 6) is 0.596. The van der Waals surface area contributed by atoms with Gasteiger partial charge >= 0.3 is 8.56 Å². The lowest BCUT2D eigenvalue weighted by Crippen LogP contribution is -2.42. The van der Waals surface area contributed by atoms with Gasteiger partial charge in [-0.05, 0) is 24.4 Å². The van der Waals surface area contributed by atoms with Crippen molar-refractivity contribution in [3.63, 3.8) is 0 Å². The van der Waals surface area contributed by atoms with E-state index in [4.69, 9.17) is 8.85 Å². The van der Waals surface area contributed by atoms with Crippen LogP contribution in [-0.4, -0.2) is 21.8 Å². The van der Waals surface area contributed by atoms with E-state index in [2.05, 4.69) is 34.6 Å². The molecule has 176 valence electrons. The first kappa shape index (κ1) is 29.1. The van der Waals surface area contributed by atoms with Crippen molar-refractivity contribution in [2.45, 2.75) is 149 Å². The minimum Gasteiger partial charge on any atom is -0.394 e. The summed E-state index contributed by atoms with van der Waals surface area (Å²) in [4.78, 5) is 0. The molecule has 0 rings (SSSR count). The van der Waals surface area contributed by atoms with Crippen LogP contribution in [0.3, 0.4) is 0 Å². The summed E-state index contributed by atoms with van der Waals surface area (Å²) in [6.45, 7) is 13.0. The fourth-order valence-corrected chi connectivity index (χ4v) is 6.48. The van der Waals surface area contributed by atoms with Crippen LogP contribution in [0.5, 0.6) is 0 Å². The predicted molar refractivity (Wildman–Crippen MR) is 133 cm³/mol. The number of hydrogen-bond acceptors (Lipinski definition) is 2. The Kier molecular flexibility index (Phi) is 21.5. The lowest BCUT2D eigenvalue weighted by atomic mass is 10.0. The third-order valence-corrected chi connectivity index (χ3v) is 9.70. The molecule has 0 aromatic rings. The van der Waals surface area contributed by atoms with Gasteiger partial charge in [0.1, 0.15) is 0 Å². The fraction of sp³-hybridized carbons (Fsp3) is 1.00. The van der Waals surface area contributed by atoms with Crippen LogP contribution in [0.2, 0.25) is 12.1 Å². The summed E-state index contributed by atoms with van der Waals surface area (Å²) in [5.41, 5.74) is 0. The van der Waals surface area contributed by atoms with Gasteiger partial charge < -0.3 is 8.85 Å². The van der Waals surface area contributed by atoms with Crippen LogP contribution in [0.15, 0.2) is 0 Å². The number of hydrogen-bond donors (Lipinski definition) is 0. The van der Waals surface area contributed by atoms with Crippen molar-refractivity contribution in [3.8, 4) is 0 Å². The van der Waals surface area contributed by atoms with Gasteiger partial charge in [-0.1, -0.05) is 131 Å². The molecular formula is C26H56O2Si. The zero-order chi connectivity index (χ0) is 21.6. The molecule has 0 atom stereocenters. The highest BCUT2D eigenvalue weighted by Gasteiger charge is 2.33. The lowest BCUT2D eigenvalue weighted by molar-refractivity contribution is 0.150. The Morgan fingerprint density at radius 2 is 0.897 bits per heavy atom. The van der Waals surface area contributed by atoms with E-state index in [-0.39, 0.29) is 0 Å². The molecule has 0 aliphatic heterocycles. The van der Waals surface area contributed by atoms with Gasteiger partial charge in [-0.3, -0.25) is 0 Å². The van der Waals surface area contributed by atoms with Crippen LogP contribution < -0.4 is 0 Å². The molecule has 0 radical (unpaired) electrons. The molecule has 0 saturated carbocycles. The minimum atomic E-state index is -1.92. The SMILES string of the molecule is CCCCCCCCCCCCCCCCCCO[Si](CC)(CC)OCC(C)C. The summed E-state index contributed by atoms with van der Waals surface area (Å²) in [7, 11) is -1.92. The normalized spacial score (nSPS) is 12.2.